The number of likely N-dealkylation sites (tertiary alicyclic amines) is 1. The molecule has 29 heavy (non-hydrogen) atoms. The number of primary amides is 1. The Kier molecular flexibility index (Phi) is 5.85. The van der Waals surface area contributed by atoms with E-state index in [1.165, 1.54) is 18.2 Å². The normalized spacial score (nSPS) is 24.8. The molecule has 0 spiro atoms. The summed E-state index contributed by atoms with van der Waals surface area (Å²) in [5.41, 5.74) is 10.6. The molecular formula is C19H24F3N5O2. The molecule has 1 aromatic rings. The Bertz CT molecular complexity index is 827. The zero-order valence-corrected chi connectivity index (χ0v) is 15.8. The molecule has 1 saturated carbocycles. The SMILES string of the molecule is NC(=O)N(/C=C\C=N\O)c1ccc(CCN2CCC3CC3(N)C2)c(C(F)(F)F)c1. The average Bonchev–Trinajstić information content (AvgIpc) is 3.33. The lowest BCUT2D eigenvalue weighted by atomic mass is 10.0. The summed E-state index contributed by atoms with van der Waals surface area (Å²) in [6.07, 6.45) is 0.876. The average molecular weight is 411 g/mol. The number of allylic oxidation sites excluding steroid dienone is 1. The van der Waals surface area contributed by atoms with Crippen molar-refractivity contribution in [2.45, 2.75) is 31.0 Å². The molecule has 2 fully saturated rings. The van der Waals surface area contributed by atoms with Crippen LogP contribution in [-0.4, -0.2) is 47.5 Å². The summed E-state index contributed by atoms with van der Waals surface area (Å²) in [7, 11) is 0. The van der Waals surface area contributed by atoms with E-state index in [4.69, 9.17) is 16.7 Å². The second kappa shape index (κ2) is 8.03. The highest BCUT2D eigenvalue weighted by Gasteiger charge is 2.53. The standard InChI is InChI=1S/C19H24F3N5O2/c20-19(21,22)16-10-15(27(17(23)28)7-1-6-25-29)3-2-13(16)4-8-26-9-5-14-11-18(14,24)12-26/h1-3,6-7,10,14,29H,4-5,8-9,11-12,24H2,(H2,23,28)/b7-1-,25-6+. The topological polar surface area (TPSA) is 108 Å². The molecule has 2 unspecified atom stereocenters. The number of hydrogen-bond donors (Lipinski definition) is 3. The highest BCUT2D eigenvalue weighted by molar-refractivity contribution is 5.93. The lowest BCUT2D eigenvalue weighted by Gasteiger charge is -2.31. The van der Waals surface area contributed by atoms with Gasteiger partial charge in [-0.1, -0.05) is 11.2 Å². The minimum atomic E-state index is -4.58. The van der Waals surface area contributed by atoms with Gasteiger partial charge in [-0.05, 0) is 55.5 Å². The van der Waals surface area contributed by atoms with Gasteiger partial charge in [-0.15, -0.1) is 0 Å². The Labute approximate surface area is 166 Å². The zero-order valence-electron chi connectivity index (χ0n) is 15.8. The second-order valence-corrected chi connectivity index (χ2v) is 7.60. The van der Waals surface area contributed by atoms with E-state index in [1.807, 2.05) is 0 Å². The van der Waals surface area contributed by atoms with Crippen LogP contribution in [0.2, 0.25) is 0 Å². The van der Waals surface area contributed by atoms with Crippen LogP contribution in [-0.2, 0) is 12.6 Å². The number of benzene rings is 1. The van der Waals surface area contributed by atoms with Crippen LogP contribution in [0.3, 0.4) is 0 Å². The summed E-state index contributed by atoms with van der Waals surface area (Å²) < 4.78 is 41.0. The molecule has 1 heterocycles. The smallest absolute Gasteiger partial charge is 0.411 e. The highest BCUT2D eigenvalue weighted by Crippen LogP contribution is 2.47. The number of amides is 2. The number of piperidine rings is 1. The van der Waals surface area contributed by atoms with Crippen molar-refractivity contribution >= 4 is 17.9 Å². The largest absolute Gasteiger partial charge is 0.416 e. The third kappa shape index (κ3) is 4.88. The van der Waals surface area contributed by atoms with E-state index in [9.17, 15) is 18.0 Å². The number of anilines is 1. The number of hydrogen-bond acceptors (Lipinski definition) is 5. The lowest BCUT2D eigenvalue weighted by molar-refractivity contribution is -0.138. The first-order chi connectivity index (χ1) is 13.6. The van der Waals surface area contributed by atoms with Gasteiger partial charge in [-0.25, -0.2) is 4.79 Å². The monoisotopic (exact) mass is 411 g/mol. The summed E-state index contributed by atoms with van der Waals surface area (Å²) in [6, 6.07) is 2.71. The molecule has 2 atom stereocenters. The molecule has 0 bridgehead atoms. The van der Waals surface area contributed by atoms with Crippen LogP contribution in [0.1, 0.15) is 24.0 Å². The van der Waals surface area contributed by atoms with Gasteiger partial charge in [0.15, 0.2) is 0 Å². The Balaban J connectivity index is 1.79. The number of nitrogens with zero attached hydrogens (tertiary/aromatic N) is 3. The van der Waals surface area contributed by atoms with Crippen molar-refractivity contribution in [3.8, 4) is 0 Å². The quantitative estimate of drug-likeness (QED) is 0.380. The predicted octanol–water partition coefficient (Wildman–Crippen LogP) is 2.53. The molecule has 0 aromatic heterocycles. The lowest BCUT2D eigenvalue weighted by Crippen LogP contribution is -2.46. The van der Waals surface area contributed by atoms with Gasteiger partial charge in [-0.3, -0.25) is 4.90 Å². The second-order valence-electron chi connectivity index (χ2n) is 7.60. The zero-order chi connectivity index (χ0) is 21.2. The Morgan fingerprint density at radius 3 is 2.83 bits per heavy atom. The van der Waals surface area contributed by atoms with Gasteiger partial charge in [-0.2, -0.15) is 13.2 Å². The molecule has 1 aromatic carbocycles. The maximum absolute atomic E-state index is 13.7. The van der Waals surface area contributed by atoms with Gasteiger partial charge in [0.05, 0.1) is 17.5 Å². The van der Waals surface area contributed by atoms with E-state index in [0.29, 0.717) is 19.0 Å². The van der Waals surface area contributed by atoms with Crippen molar-refractivity contribution < 1.29 is 23.2 Å². The van der Waals surface area contributed by atoms with Crippen LogP contribution in [0.5, 0.6) is 0 Å². The van der Waals surface area contributed by atoms with Crippen LogP contribution < -0.4 is 16.4 Å². The number of oxime groups is 1. The number of nitrogens with two attached hydrogens (primary N) is 2. The van der Waals surface area contributed by atoms with Crippen LogP contribution >= 0.6 is 0 Å². The highest BCUT2D eigenvalue weighted by atomic mass is 19.4. The van der Waals surface area contributed by atoms with E-state index < -0.39 is 17.8 Å². The van der Waals surface area contributed by atoms with Crippen molar-refractivity contribution in [1.29, 1.82) is 0 Å². The molecule has 2 aliphatic rings. The summed E-state index contributed by atoms with van der Waals surface area (Å²) >= 11 is 0. The Morgan fingerprint density at radius 2 is 2.21 bits per heavy atom. The van der Waals surface area contributed by atoms with E-state index in [0.717, 1.165) is 42.8 Å². The van der Waals surface area contributed by atoms with E-state index in [2.05, 4.69) is 10.1 Å². The van der Waals surface area contributed by atoms with Gasteiger partial charge in [0.25, 0.3) is 0 Å². The predicted molar refractivity (Wildman–Crippen MR) is 103 cm³/mol. The summed E-state index contributed by atoms with van der Waals surface area (Å²) in [5.74, 6) is 0.549. The maximum atomic E-state index is 13.7. The van der Waals surface area contributed by atoms with Crippen molar-refractivity contribution in [3.05, 3.63) is 41.6 Å². The Morgan fingerprint density at radius 1 is 1.45 bits per heavy atom. The van der Waals surface area contributed by atoms with Crippen LogP contribution in [0, 0.1) is 5.92 Å². The van der Waals surface area contributed by atoms with Gasteiger partial charge in [0.1, 0.15) is 0 Å². The minimum absolute atomic E-state index is 0.0316. The molecular weight excluding hydrogens is 387 g/mol. The number of fused-ring (bicyclic) bond motifs is 1. The van der Waals surface area contributed by atoms with Gasteiger partial charge >= 0.3 is 12.2 Å². The third-order valence-corrected chi connectivity index (χ3v) is 5.59. The first-order valence-electron chi connectivity index (χ1n) is 9.28. The molecule has 10 heteroatoms. The molecule has 1 aliphatic carbocycles. The first kappa shape index (κ1) is 21.1. The fourth-order valence-electron chi connectivity index (χ4n) is 3.93. The molecule has 5 N–H and O–H groups in total. The van der Waals surface area contributed by atoms with Crippen molar-refractivity contribution in [2.24, 2.45) is 22.5 Å². The summed E-state index contributed by atoms with van der Waals surface area (Å²) in [6.45, 7) is 2.04. The molecule has 158 valence electrons. The Hall–Kier alpha value is -2.59. The summed E-state index contributed by atoms with van der Waals surface area (Å²) in [5, 5.41) is 11.1. The molecule has 3 rings (SSSR count). The maximum Gasteiger partial charge on any atom is 0.416 e. The van der Waals surface area contributed by atoms with Gasteiger partial charge in [0.2, 0.25) is 0 Å². The van der Waals surface area contributed by atoms with Crippen molar-refractivity contribution in [2.75, 3.05) is 24.5 Å². The van der Waals surface area contributed by atoms with Crippen molar-refractivity contribution in [1.82, 2.24) is 4.90 Å². The number of carbonyl (C=O) groups is 1. The first-order valence-corrected chi connectivity index (χ1v) is 9.28. The van der Waals surface area contributed by atoms with Crippen LogP contribution in [0.4, 0.5) is 23.7 Å². The van der Waals surface area contributed by atoms with Crippen LogP contribution in [0.15, 0.2) is 35.6 Å². The van der Waals surface area contributed by atoms with E-state index in [1.54, 1.807) is 0 Å². The molecule has 1 aliphatic heterocycles. The number of halogens is 3. The number of carbonyl (C=O) groups excluding carboxylic acids is 1. The molecule has 7 nitrogen and oxygen atoms in total. The fraction of sp³-hybridized carbons (Fsp3) is 0.474. The van der Waals surface area contributed by atoms with Crippen molar-refractivity contribution in [3.63, 3.8) is 0 Å². The number of alkyl halides is 3. The van der Waals surface area contributed by atoms with E-state index in [-0.39, 0.29) is 23.2 Å². The molecule has 1 saturated heterocycles. The van der Waals surface area contributed by atoms with Crippen LogP contribution in [0.25, 0.3) is 0 Å². The van der Waals surface area contributed by atoms with Gasteiger partial charge in [0, 0.05) is 24.8 Å². The number of urea groups is 1. The summed E-state index contributed by atoms with van der Waals surface area (Å²) in [4.78, 5) is 14.6. The van der Waals surface area contributed by atoms with Gasteiger partial charge < -0.3 is 21.6 Å². The fourth-order valence-corrected chi connectivity index (χ4v) is 3.93. The molecule has 2 amide bonds. The van der Waals surface area contributed by atoms with E-state index >= 15 is 0 Å². The minimum Gasteiger partial charge on any atom is -0.411 e. The molecule has 0 radical (unpaired) electrons. The number of rotatable bonds is 6. The third-order valence-electron chi connectivity index (χ3n) is 5.59.